The van der Waals surface area contributed by atoms with Gasteiger partial charge < -0.3 is 9.64 Å². The Bertz CT molecular complexity index is 872. The Morgan fingerprint density at radius 2 is 2.11 bits per heavy atom. The first-order chi connectivity index (χ1) is 13.6. The van der Waals surface area contributed by atoms with E-state index in [2.05, 4.69) is 16.8 Å². The van der Waals surface area contributed by atoms with Crippen molar-refractivity contribution < 1.29 is 9.53 Å². The fourth-order valence-electron chi connectivity index (χ4n) is 4.16. The van der Waals surface area contributed by atoms with Gasteiger partial charge in [0.1, 0.15) is 6.61 Å². The van der Waals surface area contributed by atoms with Crippen molar-refractivity contribution in [2.75, 3.05) is 32.8 Å². The van der Waals surface area contributed by atoms with Crippen molar-refractivity contribution >= 4 is 22.2 Å². The summed E-state index contributed by atoms with van der Waals surface area (Å²) in [4.78, 5) is 34.0. The first-order valence-electron chi connectivity index (χ1n) is 10.2. The van der Waals surface area contributed by atoms with Gasteiger partial charge in [0.2, 0.25) is 5.91 Å². The minimum Gasteiger partial charge on any atom is -0.368 e. The molecule has 1 saturated carbocycles. The Morgan fingerprint density at radius 1 is 1.29 bits per heavy atom. The Labute approximate surface area is 168 Å². The summed E-state index contributed by atoms with van der Waals surface area (Å²) >= 11 is 1.47. The fourth-order valence-corrected chi connectivity index (χ4v) is 4.90. The van der Waals surface area contributed by atoms with Crippen molar-refractivity contribution in [3.63, 3.8) is 0 Å². The fraction of sp³-hybridized carbons (Fsp3) is 0.650. The topological polar surface area (TPSA) is 67.2 Å². The number of thiazole rings is 1. The number of fused-ring (bicyclic) bond motifs is 1. The molecule has 2 aromatic heterocycles. The summed E-state index contributed by atoms with van der Waals surface area (Å²) in [7, 11) is 0. The van der Waals surface area contributed by atoms with Crippen LogP contribution in [0.25, 0.3) is 4.96 Å². The van der Waals surface area contributed by atoms with Gasteiger partial charge in [0.15, 0.2) is 4.96 Å². The van der Waals surface area contributed by atoms with Crippen LogP contribution in [0.15, 0.2) is 22.4 Å². The third-order valence-corrected chi connectivity index (χ3v) is 6.55. The third kappa shape index (κ3) is 4.61. The highest BCUT2D eigenvalue weighted by molar-refractivity contribution is 7.15. The molecule has 2 aliphatic rings. The average Bonchev–Trinajstić information content (AvgIpc) is 3.16. The number of hydrogen-bond donors (Lipinski definition) is 0. The Morgan fingerprint density at radius 3 is 2.89 bits per heavy atom. The van der Waals surface area contributed by atoms with Crippen molar-refractivity contribution in [1.82, 2.24) is 19.2 Å². The van der Waals surface area contributed by atoms with Gasteiger partial charge in [-0.05, 0) is 18.8 Å². The molecule has 152 valence electrons. The molecule has 1 aliphatic carbocycles. The molecular weight excluding hydrogens is 376 g/mol. The molecule has 0 aromatic carbocycles. The average molecular weight is 405 g/mol. The lowest BCUT2D eigenvalue weighted by Crippen LogP contribution is -2.49. The van der Waals surface area contributed by atoms with Gasteiger partial charge in [-0.2, -0.15) is 0 Å². The first-order valence-corrected chi connectivity index (χ1v) is 11.0. The van der Waals surface area contributed by atoms with Gasteiger partial charge in [-0.1, -0.05) is 19.8 Å². The highest BCUT2D eigenvalue weighted by Crippen LogP contribution is 2.25. The number of rotatable bonds is 5. The highest BCUT2D eigenvalue weighted by atomic mass is 32.1. The molecule has 2 unspecified atom stereocenters. The van der Waals surface area contributed by atoms with E-state index in [4.69, 9.17) is 4.74 Å². The van der Waals surface area contributed by atoms with Crippen LogP contribution in [-0.4, -0.2) is 64.0 Å². The van der Waals surface area contributed by atoms with Crippen LogP contribution in [0.5, 0.6) is 0 Å². The quantitative estimate of drug-likeness (QED) is 0.763. The standard InChI is InChI=1S/C20H28N4O3S/c1-15-3-2-4-17(11-15)27-14-19(26)23-7-5-22(6-8-23)13-16-12-18(25)24-9-10-28-20(24)21-16/h9-10,12,15,17H,2-8,11,13-14H2,1H3. The molecule has 0 bridgehead atoms. The van der Waals surface area contributed by atoms with Gasteiger partial charge in [-0.3, -0.25) is 18.9 Å². The second-order valence-corrected chi connectivity index (χ2v) is 8.88. The van der Waals surface area contributed by atoms with Crippen molar-refractivity contribution in [2.24, 2.45) is 5.92 Å². The van der Waals surface area contributed by atoms with Gasteiger partial charge in [0.25, 0.3) is 5.56 Å². The zero-order valence-electron chi connectivity index (χ0n) is 16.4. The van der Waals surface area contributed by atoms with Crippen LogP contribution in [0.1, 0.15) is 38.3 Å². The van der Waals surface area contributed by atoms with E-state index in [0.717, 1.165) is 36.6 Å². The minimum absolute atomic E-state index is 0.0377. The second kappa shape index (κ2) is 8.71. The van der Waals surface area contributed by atoms with Crippen LogP contribution in [-0.2, 0) is 16.1 Å². The van der Waals surface area contributed by atoms with E-state index >= 15 is 0 Å². The van der Waals surface area contributed by atoms with Crippen LogP contribution in [0.3, 0.4) is 0 Å². The molecular formula is C20H28N4O3S. The summed E-state index contributed by atoms with van der Waals surface area (Å²) in [5, 5.41) is 1.87. The third-order valence-electron chi connectivity index (χ3n) is 5.80. The SMILES string of the molecule is CC1CCCC(OCC(=O)N2CCN(Cc3cc(=O)n4ccsc4n3)CC2)C1. The lowest BCUT2D eigenvalue weighted by Gasteiger charge is -2.35. The Balaban J connectivity index is 1.24. The van der Waals surface area contributed by atoms with Crippen LogP contribution in [0.4, 0.5) is 0 Å². The number of aromatic nitrogens is 2. The van der Waals surface area contributed by atoms with E-state index < -0.39 is 0 Å². The van der Waals surface area contributed by atoms with E-state index in [-0.39, 0.29) is 24.2 Å². The van der Waals surface area contributed by atoms with Crippen molar-refractivity contribution in [3.8, 4) is 0 Å². The van der Waals surface area contributed by atoms with E-state index in [9.17, 15) is 9.59 Å². The van der Waals surface area contributed by atoms with Crippen LogP contribution in [0, 0.1) is 5.92 Å². The van der Waals surface area contributed by atoms with E-state index in [1.54, 1.807) is 16.7 Å². The van der Waals surface area contributed by atoms with Crippen LogP contribution >= 0.6 is 11.3 Å². The van der Waals surface area contributed by atoms with Crippen LogP contribution in [0.2, 0.25) is 0 Å². The molecule has 0 spiro atoms. The number of amides is 1. The molecule has 1 amide bonds. The maximum Gasteiger partial charge on any atom is 0.258 e. The highest BCUT2D eigenvalue weighted by Gasteiger charge is 2.24. The molecule has 2 atom stereocenters. The first kappa shape index (κ1) is 19.5. The zero-order chi connectivity index (χ0) is 19.5. The molecule has 8 heteroatoms. The monoisotopic (exact) mass is 404 g/mol. The van der Waals surface area contributed by atoms with Crippen LogP contribution < -0.4 is 5.56 Å². The molecule has 0 N–H and O–H groups in total. The number of piperazine rings is 1. The summed E-state index contributed by atoms with van der Waals surface area (Å²) in [5.41, 5.74) is 0.756. The normalized spacial score (nSPS) is 24.0. The predicted octanol–water partition coefficient (Wildman–Crippen LogP) is 2.00. The zero-order valence-corrected chi connectivity index (χ0v) is 17.2. The molecule has 2 fully saturated rings. The summed E-state index contributed by atoms with van der Waals surface area (Å²) in [6.45, 7) is 6.07. The summed E-state index contributed by atoms with van der Waals surface area (Å²) in [5.74, 6) is 0.793. The lowest BCUT2D eigenvalue weighted by atomic mass is 9.89. The molecule has 7 nitrogen and oxygen atoms in total. The minimum atomic E-state index is -0.0377. The van der Waals surface area contributed by atoms with Gasteiger partial charge >= 0.3 is 0 Å². The smallest absolute Gasteiger partial charge is 0.258 e. The van der Waals surface area contributed by atoms with Gasteiger partial charge in [-0.25, -0.2) is 4.98 Å². The van der Waals surface area contributed by atoms with Gasteiger partial charge in [0, 0.05) is 50.4 Å². The molecule has 2 aromatic rings. The predicted molar refractivity (Wildman–Crippen MR) is 109 cm³/mol. The summed E-state index contributed by atoms with van der Waals surface area (Å²) in [6, 6.07) is 1.61. The molecule has 1 aliphatic heterocycles. The molecule has 28 heavy (non-hydrogen) atoms. The number of nitrogens with zero attached hydrogens (tertiary/aromatic N) is 4. The number of hydrogen-bond acceptors (Lipinski definition) is 6. The van der Waals surface area contributed by atoms with Crippen molar-refractivity contribution in [2.45, 2.75) is 45.3 Å². The maximum absolute atomic E-state index is 12.5. The Hall–Kier alpha value is -1.77. The van der Waals surface area contributed by atoms with E-state index in [0.29, 0.717) is 25.6 Å². The van der Waals surface area contributed by atoms with E-state index in [1.807, 2.05) is 10.3 Å². The molecule has 1 saturated heterocycles. The number of carbonyl (C=O) groups excluding carboxylic acids is 1. The van der Waals surface area contributed by atoms with Crippen molar-refractivity contribution in [3.05, 3.63) is 33.7 Å². The maximum atomic E-state index is 12.5. The second-order valence-electron chi connectivity index (χ2n) is 8.00. The molecule has 0 radical (unpaired) electrons. The number of carbonyl (C=O) groups is 1. The van der Waals surface area contributed by atoms with E-state index in [1.165, 1.54) is 24.2 Å². The largest absolute Gasteiger partial charge is 0.368 e. The summed E-state index contributed by atoms with van der Waals surface area (Å²) < 4.78 is 7.45. The Kier molecular flexibility index (Phi) is 6.08. The van der Waals surface area contributed by atoms with Crippen molar-refractivity contribution in [1.29, 1.82) is 0 Å². The van der Waals surface area contributed by atoms with Gasteiger partial charge in [-0.15, -0.1) is 11.3 Å². The number of ether oxygens (including phenoxy) is 1. The summed E-state index contributed by atoms with van der Waals surface area (Å²) in [6.07, 6.45) is 6.62. The van der Waals surface area contributed by atoms with Gasteiger partial charge in [0.05, 0.1) is 11.8 Å². The lowest BCUT2D eigenvalue weighted by molar-refractivity contribution is -0.141. The molecule has 3 heterocycles. The molecule has 4 rings (SSSR count).